The molecule has 0 radical (unpaired) electrons. The Morgan fingerprint density at radius 2 is 1.68 bits per heavy atom. The summed E-state index contributed by atoms with van der Waals surface area (Å²) in [7, 11) is 0. The lowest BCUT2D eigenvalue weighted by Gasteiger charge is -2.15. The highest BCUT2D eigenvalue weighted by Crippen LogP contribution is 2.40. The number of rotatable bonds is 4. The van der Waals surface area contributed by atoms with Gasteiger partial charge in [0.15, 0.2) is 6.29 Å². The van der Waals surface area contributed by atoms with Crippen molar-refractivity contribution in [3.63, 3.8) is 0 Å². The van der Waals surface area contributed by atoms with Crippen LogP contribution in [0.15, 0.2) is 65.2 Å². The van der Waals surface area contributed by atoms with E-state index in [1.165, 1.54) is 24.3 Å². The van der Waals surface area contributed by atoms with Crippen LogP contribution in [0, 0.1) is 12.7 Å². The fraction of sp³-hybridized carbons (Fsp3) is 0.0870. The molecule has 0 aliphatic heterocycles. The molecule has 4 nitrogen and oxygen atoms in total. The highest BCUT2D eigenvalue weighted by molar-refractivity contribution is 5.77. The Labute approximate surface area is 174 Å². The zero-order valence-corrected chi connectivity index (χ0v) is 16.1. The van der Waals surface area contributed by atoms with E-state index < -0.39 is 17.6 Å². The van der Waals surface area contributed by atoms with Gasteiger partial charge in [-0.15, -0.1) is 0 Å². The summed E-state index contributed by atoms with van der Waals surface area (Å²) in [5.74, 6) is -0.916. The van der Waals surface area contributed by atoms with Crippen LogP contribution in [0.4, 0.5) is 17.6 Å². The predicted octanol–water partition coefficient (Wildman–Crippen LogP) is 6.35. The zero-order valence-electron chi connectivity index (χ0n) is 16.1. The number of alkyl halides is 3. The van der Waals surface area contributed by atoms with Crippen LogP contribution < -0.4 is 0 Å². The maximum absolute atomic E-state index is 13.8. The van der Waals surface area contributed by atoms with Crippen LogP contribution in [0.25, 0.3) is 34.0 Å². The average molecular weight is 426 g/mol. The Balaban J connectivity index is 1.77. The smallest absolute Gasteiger partial charge is 0.334 e. The molecule has 4 aromatic rings. The van der Waals surface area contributed by atoms with E-state index in [-0.39, 0.29) is 34.0 Å². The third kappa shape index (κ3) is 3.96. The van der Waals surface area contributed by atoms with E-state index in [4.69, 9.17) is 4.52 Å². The van der Waals surface area contributed by atoms with Crippen LogP contribution in [0.5, 0.6) is 0 Å². The molecule has 0 spiro atoms. The lowest BCUT2D eigenvalue weighted by Crippen LogP contribution is -2.08. The number of aromatic nitrogens is 2. The molecule has 1 heterocycles. The number of hydrogen-bond donors (Lipinski definition) is 0. The topological polar surface area (TPSA) is 56.0 Å². The third-order valence-electron chi connectivity index (χ3n) is 4.82. The highest BCUT2D eigenvalue weighted by Gasteiger charge is 2.34. The first-order chi connectivity index (χ1) is 14.8. The standard InChI is InChI=1S/C23H14F4N2O2/c1-13-4-2-3-5-17(13)18-9-8-15(10-19(18)23(25,26)27)22-28-21(29-31-22)14-6-7-16(12-30)20(24)11-14/h2-12H,1H3. The van der Waals surface area contributed by atoms with Crippen molar-refractivity contribution >= 4 is 6.29 Å². The zero-order chi connectivity index (χ0) is 22.2. The molecule has 0 unspecified atom stereocenters. The minimum absolute atomic E-state index is 0.0112. The molecule has 0 saturated carbocycles. The molecule has 4 rings (SSSR count). The van der Waals surface area contributed by atoms with Gasteiger partial charge in [-0.1, -0.05) is 41.6 Å². The van der Waals surface area contributed by atoms with Gasteiger partial charge in [0, 0.05) is 11.1 Å². The van der Waals surface area contributed by atoms with Gasteiger partial charge in [0.05, 0.1) is 11.1 Å². The molecule has 0 saturated heterocycles. The lowest BCUT2D eigenvalue weighted by atomic mass is 9.94. The van der Waals surface area contributed by atoms with Crippen molar-refractivity contribution in [3.05, 3.63) is 83.2 Å². The van der Waals surface area contributed by atoms with E-state index in [0.717, 1.165) is 12.1 Å². The maximum Gasteiger partial charge on any atom is 0.417 e. The molecule has 31 heavy (non-hydrogen) atoms. The first-order valence-corrected chi connectivity index (χ1v) is 9.14. The first kappa shape index (κ1) is 20.5. The summed E-state index contributed by atoms with van der Waals surface area (Å²) in [6.07, 6.45) is -4.24. The Hall–Kier alpha value is -3.81. The summed E-state index contributed by atoms with van der Waals surface area (Å²) in [6, 6.07) is 14.3. The van der Waals surface area contributed by atoms with Crippen LogP contribution in [0.1, 0.15) is 21.5 Å². The fourth-order valence-electron chi connectivity index (χ4n) is 3.24. The van der Waals surface area contributed by atoms with E-state index in [1.54, 1.807) is 31.2 Å². The number of nitrogens with zero attached hydrogens (tertiary/aromatic N) is 2. The number of aryl methyl sites for hydroxylation is 1. The van der Waals surface area contributed by atoms with E-state index in [9.17, 15) is 22.4 Å². The molecule has 0 N–H and O–H groups in total. The van der Waals surface area contributed by atoms with Crippen LogP contribution in [0.2, 0.25) is 0 Å². The average Bonchev–Trinajstić information content (AvgIpc) is 3.23. The lowest BCUT2D eigenvalue weighted by molar-refractivity contribution is -0.137. The number of aldehydes is 1. The number of halogens is 4. The fourth-order valence-corrected chi connectivity index (χ4v) is 3.24. The monoisotopic (exact) mass is 426 g/mol. The van der Waals surface area contributed by atoms with Gasteiger partial charge in [0.25, 0.3) is 5.89 Å². The van der Waals surface area contributed by atoms with Crippen LogP contribution >= 0.6 is 0 Å². The van der Waals surface area contributed by atoms with Crippen molar-refractivity contribution in [1.29, 1.82) is 0 Å². The Kier molecular flexibility index (Phi) is 5.14. The molecule has 8 heteroatoms. The van der Waals surface area contributed by atoms with Crippen molar-refractivity contribution < 1.29 is 26.9 Å². The van der Waals surface area contributed by atoms with Gasteiger partial charge in [-0.2, -0.15) is 18.2 Å². The summed E-state index contributed by atoms with van der Waals surface area (Å²) in [5, 5.41) is 3.72. The summed E-state index contributed by atoms with van der Waals surface area (Å²) >= 11 is 0. The maximum atomic E-state index is 13.8. The molecular weight excluding hydrogens is 412 g/mol. The second-order valence-electron chi connectivity index (χ2n) is 6.85. The Bertz CT molecular complexity index is 1280. The first-order valence-electron chi connectivity index (χ1n) is 9.14. The van der Waals surface area contributed by atoms with Crippen molar-refractivity contribution in [3.8, 4) is 34.0 Å². The number of carbonyl (C=O) groups excluding carboxylic acids is 1. The predicted molar refractivity (Wildman–Crippen MR) is 106 cm³/mol. The molecular formula is C23H14F4N2O2. The summed E-state index contributed by atoms with van der Waals surface area (Å²) in [4.78, 5) is 14.8. The summed E-state index contributed by atoms with van der Waals surface area (Å²) < 4.78 is 60.4. The van der Waals surface area contributed by atoms with Gasteiger partial charge in [0.1, 0.15) is 5.82 Å². The van der Waals surface area contributed by atoms with E-state index >= 15 is 0 Å². The van der Waals surface area contributed by atoms with Crippen molar-refractivity contribution in [1.82, 2.24) is 10.1 Å². The molecule has 3 aromatic carbocycles. The molecule has 0 atom stereocenters. The van der Waals surface area contributed by atoms with Crippen LogP contribution in [-0.2, 0) is 6.18 Å². The normalized spacial score (nSPS) is 11.5. The molecule has 0 aliphatic rings. The molecule has 0 bridgehead atoms. The second kappa shape index (κ2) is 7.79. The van der Waals surface area contributed by atoms with Crippen molar-refractivity contribution in [2.45, 2.75) is 13.1 Å². The number of benzene rings is 3. The molecule has 0 amide bonds. The van der Waals surface area contributed by atoms with Crippen LogP contribution in [0.3, 0.4) is 0 Å². The van der Waals surface area contributed by atoms with Gasteiger partial charge in [-0.25, -0.2) is 4.39 Å². The number of carbonyl (C=O) groups is 1. The van der Waals surface area contributed by atoms with Gasteiger partial charge in [0.2, 0.25) is 5.82 Å². The molecule has 0 fully saturated rings. The van der Waals surface area contributed by atoms with Gasteiger partial charge >= 0.3 is 6.18 Å². The molecule has 156 valence electrons. The Morgan fingerprint density at radius 1 is 0.935 bits per heavy atom. The summed E-state index contributed by atoms with van der Waals surface area (Å²) in [5.41, 5.74) is 0.564. The largest absolute Gasteiger partial charge is 0.417 e. The second-order valence-corrected chi connectivity index (χ2v) is 6.85. The Morgan fingerprint density at radius 3 is 2.35 bits per heavy atom. The highest BCUT2D eigenvalue weighted by atomic mass is 19.4. The van der Waals surface area contributed by atoms with Crippen molar-refractivity contribution in [2.75, 3.05) is 0 Å². The van der Waals surface area contributed by atoms with E-state index in [0.29, 0.717) is 17.4 Å². The SMILES string of the molecule is Cc1ccccc1-c1ccc(-c2nc(-c3ccc(C=O)c(F)c3)no2)cc1C(F)(F)F. The quantitative estimate of drug-likeness (QED) is 0.282. The van der Waals surface area contributed by atoms with Gasteiger partial charge in [-0.05, 0) is 47.9 Å². The number of hydrogen-bond acceptors (Lipinski definition) is 4. The van der Waals surface area contributed by atoms with E-state index in [1.807, 2.05) is 0 Å². The van der Waals surface area contributed by atoms with Gasteiger partial charge < -0.3 is 4.52 Å². The third-order valence-corrected chi connectivity index (χ3v) is 4.82. The van der Waals surface area contributed by atoms with E-state index in [2.05, 4.69) is 10.1 Å². The minimum Gasteiger partial charge on any atom is -0.334 e. The van der Waals surface area contributed by atoms with Crippen molar-refractivity contribution in [2.24, 2.45) is 0 Å². The summed E-state index contributed by atoms with van der Waals surface area (Å²) in [6.45, 7) is 1.74. The molecule has 0 aliphatic carbocycles. The van der Waals surface area contributed by atoms with Gasteiger partial charge in [-0.3, -0.25) is 4.79 Å². The molecule has 1 aromatic heterocycles. The van der Waals surface area contributed by atoms with Crippen LogP contribution in [-0.4, -0.2) is 16.4 Å². The minimum atomic E-state index is -4.61.